The Hall–Kier alpha value is -2.99. The summed E-state index contributed by atoms with van der Waals surface area (Å²) < 4.78 is 19.5. The van der Waals surface area contributed by atoms with Crippen molar-refractivity contribution in [2.24, 2.45) is 0 Å². The largest absolute Gasteiger partial charge is 0.485 e. The molecule has 1 aliphatic heterocycles. The van der Waals surface area contributed by atoms with Crippen LogP contribution in [0.4, 0.5) is 10.2 Å². The van der Waals surface area contributed by atoms with E-state index >= 15 is 0 Å². The van der Waals surface area contributed by atoms with Gasteiger partial charge in [-0.2, -0.15) is 0 Å². The van der Waals surface area contributed by atoms with E-state index in [-0.39, 0.29) is 6.61 Å². The Morgan fingerprint density at radius 1 is 1.29 bits per heavy atom. The number of thiazole rings is 1. The van der Waals surface area contributed by atoms with Crippen LogP contribution < -0.4 is 10.5 Å². The van der Waals surface area contributed by atoms with E-state index in [2.05, 4.69) is 33.8 Å². The lowest BCUT2D eigenvalue weighted by atomic mass is 9.98. The number of piperidine rings is 1. The van der Waals surface area contributed by atoms with Crippen LogP contribution in [0.2, 0.25) is 0 Å². The third kappa shape index (κ3) is 6.37. The molecule has 6 nitrogen and oxygen atoms in total. The van der Waals surface area contributed by atoms with Crippen molar-refractivity contribution in [3.05, 3.63) is 58.9 Å². The lowest BCUT2D eigenvalue weighted by Gasteiger charge is -2.27. The number of anilines is 1. The topological polar surface area (TPSA) is 84.5 Å². The first kappa shape index (κ1) is 25.1. The zero-order valence-electron chi connectivity index (χ0n) is 20.3. The van der Waals surface area contributed by atoms with Crippen molar-refractivity contribution in [3.63, 3.8) is 0 Å². The number of hydrogen-bond donors (Lipinski definition) is 2. The fourth-order valence-corrected chi connectivity index (χ4v) is 4.84. The molecule has 0 radical (unpaired) electrons. The zero-order chi connectivity index (χ0) is 25.0. The third-order valence-electron chi connectivity index (χ3n) is 6.31. The summed E-state index contributed by atoms with van der Waals surface area (Å²) in [6.45, 7) is 5.11. The molecule has 2 atom stereocenters. The summed E-state index contributed by atoms with van der Waals surface area (Å²) in [7, 11) is 2.16. The van der Waals surface area contributed by atoms with Gasteiger partial charge in [0.1, 0.15) is 12.8 Å². The Kier molecular flexibility index (Phi) is 7.70. The predicted molar refractivity (Wildman–Crippen MR) is 138 cm³/mol. The molecule has 1 saturated heterocycles. The second kappa shape index (κ2) is 10.7. The molecule has 1 aromatic carbocycles. The van der Waals surface area contributed by atoms with Gasteiger partial charge >= 0.3 is 0 Å². The van der Waals surface area contributed by atoms with E-state index in [0.29, 0.717) is 23.0 Å². The number of hydrogen-bond acceptors (Lipinski definition) is 7. The van der Waals surface area contributed by atoms with Crippen LogP contribution >= 0.6 is 11.3 Å². The van der Waals surface area contributed by atoms with Crippen molar-refractivity contribution in [1.29, 1.82) is 0 Å². The van der Waals surface area contributed by atoms with Crippen LogP contribution in [-0.4, -0.2) is 51.9 Å². The van der Waals surface area contributed by atoms with Crippen molar-refractivity contribution in [2.75, 3.05) is 25.9 Å². The number of benzene rings is 1. The van der Waals surface area contributed by atoms with Crippen molar-refractivity contribution >= 4 is 17.2 Å². The molecule has 0 spiro atoms. The second-order valence-corrected chi connectivity index (χ2v) is 10.3. The number of aliphatic hydroxyl groups is 1. The van der Waals surface area contributed by atoms with Crippen LogP contribution in [0, 0.1) is 11.8 Å². The first-order chi connectivity index (χ1) is 16.7. The Morgan fingerprint density at radius 2 is 2.06 bits per heavy atom. The molecule has 184 valence electrons. The molecule has 4 rings (SSSR count). The zero-order valence-corrected chi connectivity index (χ0v) is 21.1. The molecule has 1 aliphatic rings. The SMILES string of the molecule is CC(F)C(C)(O)C#Cc1cccc(COc2cc(-c3cnc(C4CCN(C)CC4)s3)cnc2N)c1. The maximum absolute atomic E-state index is 13.5. The smallest absolute Gasteiger partial charge is 0.166 e. The number of aromatic nitrogens is 2. The number of nitrogens with two attached hydrogens (primary N) is 1. The highest BCUT2D eigenvalue weighted by Crippen LogP contribution is 2.36. The molecule has 0 aliphatic carbocycles. The summed E-state index contributed by atoms with van der Waals surface area (Å²) in [5, 5.41) is 11.2. The molecule has 2 aromatic heterocycles. The molecule has 3 aromatic rings. The Morgan fingerprint density at radius 3 is 2.80 bits per heavy atom. The first-order valence-corrected chi connectivity index (χ1v) is 12.5. The number of nitrogen functional groups attached to an aromatic ring is 1. The monoisotopic (exact) mass is 494 g/mol. The third-order valence-corrected chi connectivity index (χ3v) is 7.52. The summed E-state index contributed by atoms with van der Waals surface area (Å²) >= 11 is 1.71. The van der Waals surface area contributed by atoms with Crippen molar-refractivity contribution < 1.29 is 14.2 Å². The van der Waals surface area contributed by atoms with Gasteiger partial charge in [0, 0.05) is 29.4 Å². The molecule has 0 saturated carbocycles. The van der Waals surface area contributed by atoms with E-state index in [4.69, 9.17) is 10.5 Å². The maximum atomic E-state index is 13.5. The molecule has 2 unspecified atom stereocenters. The van der Waals surface area contributed by atoms with Gasteiger partial charge < -0.3 is 20.5 Å². The minimum atomic E-state index is -1.70. The molecule has 0 bridgehead atoms. The molecular weight excluding hydrogens is 463 g/mol. The van der Waals surface area contributed by atoms with Gasteiger partial charge in [0.05, 0.1) is 9.88 Å². The minimum absolute atomic E-state index is 0.268. The molecular formula is C27H31FN4O2S. The molecule has 3 heterocycles. The standard InChI is InChI=1S/C27H31FN4O2S/c1-18(28)27(2,33)10-7-19-5-4-6-20(13-19)17-34-23-14-22(15-30-25(23)29)24-16-31-26(35-24)21-8-11-32(3)12-9-21/h4-6,13-16,18,21,33H,8-9,11-12,17H2,1-3H3,(H2,29,30). The van der Waals surface area contributed by atoms with Crippen LogP contribution in [-0.2, 0) is 6.61 Å². The van der Waals surface area contributed by atoms with Crippen molar-refractivity contribution in [2.45, 2.75) is 51.0 Å². The van der Waals surface area contributed by atoms with E-state index in [1.165, 1.54) is 18.9 Å². The molecule has 8 heteroatoms. The summed E-state index contributed by atoms with van der Waals surface area (Å²) in [5.41, 5.74) is 6.85. The van der Waals surface area contributed by atoms with Crippen LogP contribution in [0.25, 0.3) is 10.4 Å². The summed E-state index contributed by atoms with van der Waals surface area (Å²) in [5.74, 6) is 6.76. The van der Waals surface area contributed by atoms with Crippen LogP contribution in [0.5, 0.6) is 5.75 Å². The first-order valence-electron chi connectivity index (χ1n) is 11.7. The van der Waals surface area contributed by atoms with E-state index in [1.807, 2.05) is 30.5 Å². The molecule has 3 N–H and O–H groups in total. The van der Waals surface area contributed by atoms with E-state index in [0.717, 1.165) is 41.9 Å². The number of pyridine rings is 1. The van der Waals surface area contributed by atoms with Gasteiger partial charge in [-0.05, 0) is 70.6 Å². The molecule has 1 fully saturated rings. The van der Waals surface area contributed by atoms with Gasteiger partial charge in [0.25, 0.3) is 0 Å². The summed E-state index contributed by atoms with van der Waals surface area (Å²) in [4.78, 5) is 12.4. The van der Waals surface area contributed by atoms with Gasteiger partial charge in [-0.15, -0.1) is 11.3 Å². The average Bonchev–Trinajstić information content (AvgIpc) is 3.33. The lowest BCUT2D eigenvalue weighted by molar-refractivity contribution is 0.0411. The Bertz CT molecular complexity index is 1220. The summed E-state index contributed by atoms with van der Waals surface area (Å²) in [6, 6.07) is 9.30. The van der Waals surface area contributed by atoms with Gasteiger partial charge in [-0.25, -0.2) is 14.4 Å². The van der Waals surface area contributed by atoms with Gasteiger partial charge in [-0.1, -0.05) is 24.0 Å². The molecule has 0 amide bonds. The summed E-state index contributed by atoms with van der Waals surface area (Å²) in [6.07, 6.45) is 4.47. The van der Waals surface area contributed by atoms with Crippen molar-refractivity contribution in [3.8, 4) is 28.0 Å². The van der Waals surface area contributed by atoms with Crippen LogP contribution in [0.3, 0.4) is 0 Å². The van der Waals surface area contributed by atoms with Gasteiger partial charge in [0.2, 0.25) is 0 Å². The predicted octanol–water partition coefficient (Wildman–Crippen LogP) is 4.64. The minimum Gasteiger partial charge on any atom is -0.485 e. The Balaban J connectivity index is 1.45. The second-order valence-electron chi connectivity index (χ2n) is 9.25. The van der Waals surface area contributed by atoms with Gasteiger partial charge in [-0.3, -0.25) is 0 Å². The highest BCUT2D eigenvalue weighted by Gasteiger charge is 2.25. The number of likely N-dealkylation sites (tertiary alicyclic amines) is 1. The lowest BCUT2D eigenvalue weighted by Crippen LogP contribution is -2.32. The fourth-order valence-electron chi connectivity index (χ4n) is 3.77. The quantitative estimate of drug-likeness (QED) is 0.486. The number of ether oxygens (including phenoxy) is 1. The van der Waals surface area contributed by atoms with Crippen LogP contribution in [0.1, 0.15) is 48.7 Å². The van der Waals surface area contributed by atoms with E-state index in [1.54, 1.807) is 23.6 Å². The number of alkyl halides is 1. The highest BCUT2D eigenvalue weighted by molar-refractivity contribution is 7.15. The number of halogens is 1. The van der Waals surface area contributed by atoms with E-state index < -0.39 is 11.8 Å². The maximum Gasteiger partial charge on any atom is 0.166 e. The average molecular weight is 495 g/mol. The van der Waals surface area contributed by atoms with Crippen molar-refractivity contribution in [1.82, 2.24) is 14.9 Å². The molecule has 35 heavy (non-hydrogen) atoms. The van der Waals surface area contributed by atoms with E-state index in [9.17, 15) is 9.50 Å². The fraction of sp³-hybridized carbons (Fsp3) is 0.407. The van der Waals surface area contributed by atoms with Crippen LogP contribution in [0.15, 0.2) is 42.7 Å². The van der Waals surface area contributed by atoms with Gasteiger partial charge in [0.15, 0.2) is 17.2 Å². The normalized spacial score (nSPS) is 17.3. The number of nitrogens with zero attached hydrogens (tertiary/aromatic N) is 3. The number of rotatable bonds is 6. The highest BCUT2D eigenvalue weighted by atomic mass is 32.1. The Labute approximate surface area is 210 Å².